The summed E-state index contributed by atoms with van der Waals surface area (Å²) in [5, 5.41) is 3.73. The molecule has 5 rings (SSSR count). The molecule has 2 aromatic heterocycles. The van der Waals surface area contributed by atoms with Gasteiger partial charge in [0, 0.05) is 18.8 Å². The number of benzene rings is 1. The molecule has 1 aliphatic heterocycles. The van der Waals surface area contributed by atoms with Gasteiger partial charge in [0.05, 0.1) is 17.2 Å². The van der Waals surface area contributed by atoms with E-state index in [9.17, 15) is 9.18 Å². The second-order valence-corrected chi connectivity index (χ2v) is 8.00. The highest BCUT2D eigenvalue weighted by molar-refractivity contribution is 6.00. The molecule has 1 aromatic carbocycles. The number of pyridine rings is 1. The van der Waals surface area contributed by atoms with Crippen LogP contribution in [0.5, 0.6) is 5.88 Å². The average molecular weight is 408 g/mol. The molecule has 1 aliphatic carbocycles. The molecule has 1 saturated heterocycles. The number of rotatable bonds is 4. The summed E-state index contributed by atoms with van der Waals surface area (Å²) in [5.41, 5.74) is 1.32. The van der Waals surface area contributed by atoms with E-state index in [2.05, 4.69) is 15.1 Å². The standard InChI is InChI=1S/C22H21FN4O3/c1-12-6-7-19(24-10-12)29-18-9-14-8-17(18)27(11-14)22(28)15-4-3-5-16(23)20(15)21-25-13(2)26-30-21/h3-7,10,14,17-18H,8-9,11H2,1-2H3. The van der Waals surface area contributed by atoms with Gasteiger partial charge in [-0.1, -0.05) is 17.3 Å². The van der Waals surface area contributed by atoms with Gasteiger partial charge in [-0.05, 0) is 50.3 Å². The highest BCUT2D eigenvalue weighted by Gasteiger charge is 2.49. The van der Waals surface area contributed by atoms with Crippen molar-refractivity contribution in [1.82, 2.24) is 20.0 Å². The second-order valence-electron chi connectivity index (χ2n) is 8.00. The third-order valence-corrected chi connectivity index (χ3v) is 5.83. The molecule has 0 spiro atoms. The van der Waals surface area contributed by atoms with Gasteiger partial charge in [0.25, 0.3) is 11.8 Å². The molecule has 30 heavy (non-hydrogen) atoms. The molecule has 8 heteroatoms. The van der Waals surface area contributed by atoms with Gasteiger partial charge >= 0.3 is 0 Å². The van der Waals surface area contributed by atoms with Crippen LogP contribution in [0, 0.1) is 25.6 Å². The Hall–Kier alpha value is -3.29. The lowest BCUT2D eigenvalue weighted by Gasteiger charge is -2.33. The Labute approximate surface area is 172 Å². The normalized spacial score (nSPS) is 22.5. The van der Waals surface area contributed by atoms with Gasteiger partial charge in [-0.2, -0.15) is 4.98 Å². The molecule has 7 nitrogen and oxygen atoms in total. The quantitative estimate of drug-likeness (QED) is 0.657. The molecular weight excluding hydrogens is 387 g/mol. The molecule has 0 radical (unpaired) electrons. The van der Waals surface area contributed by atoms with Gasteiger partial charge < -0.3 is 14.2 Å². The van der Waals surface area contributed by atoms with Crippen molar-refractivity contribution < 1.29 is 18.4 Å². The Morgan fingerprint density at radius 3 is 2.80 bits per heavy atom. The lowest BCUT2D eigenvalue weighted by Crippen LogP contribution is -2.47. The van der Waals surface area contributed by atoms with Crippen molar-refractivity contribution in [2.24, 2.45) is 5.92 Å². The van der Waals surface area contributed by atoms with Crippen molar-refractivity contribution in [3.05, 3.63) is 59.3 Å². The number of hydrogen-bond acceptors (Lipinski definition) is 6. The van der Waals surface area contributed by atoms with Crippen LogP contribution in [0.15, 0.2) is 41.1 Å². The Kier molecular flexibility index (Phi) is 4.49. The van der Waals surface area contributed by atoms with Crippen molar-refractivity contribution in [3.63, 3.8) is 0 Å². The number of carbonyl (C=O) groups excluding carboxylic acids is 1. The topological polar surface area (TPSA) is 81.4 Å². The van der Waals surface area contributed by atoms with Gasteiger partial charge in [-0.25, -0.2) is 9.37 Å². The first-order chi connectivity index (χ1) is 14.5. The highest BCUT2D eigenvalue weighted by Crippen LogP contribution is 2.41. The first kappa shape index (κ1) is 18.7. The lowest BCUT2D eigenvalue weighted by atomic mass is 10.0. The van der Waals surface area contributed by atoms with Crippen molar-refractivity contribution in [2.75, 3.05) is 6.54 Å². The maximum Gasteiger partial charge on any atom is 0.261 e. The van der Waals surface area contributed by atoms with Gasteiger partial charge in [-0.15, -0.1) is 0 Å². The van der Waals surface area contributed by atoms with E-state index in [-0.39, 0.29) is 35.1 Å². The van der Waals surface area contributed by atoms with Crippen LogP contribution in [0.3, 0.4) is 0 Å². The molecule has 3 aromatic rings. The zero-order valence-electron chi connectivity index (χ0n) is 16.7. The van der Waals surface area contributed by atoms with Crippen LogP contribution in [-0.2, 0) is 0 Å². The van der Waals surface area contributed by atoms with Crippen LogP contribution < -0.4 is 4.74 Å². The third kappa shape index (κ3) is 3.22. The molecule has 2 bridgehead atoms. The van der Waals surface area contributed by atoms with Crippen LogP contribution >= 0.6 is 0 Å². The summed E-state index contributed by atoms with van der Waals surface area (Å²) in [5.74, 6) is 0.486. The van der Waals surface area contributed by atoms with E-state index < -0.39 is 5.82 Å². The summed E-state index contributed by atoms with van der Waals surface area (Å²) >= 11 is 0. The van der Waals surface area contributed by atoms with E-state index in [0.717, 1.165) is 18.4 Å². The number of amides is 1. The fourth-order valence-corrected chi connectivity index (χ4v) is 4.48. The number of piperidine rings is 1. The molecule has 3 unspecified atom stereocenters. The molecule has 1 amide bonds. The first-order valence-corrected chi connectivity index (χ1v) is 9.99. The third-order valence-electron chi connectivity index (χ3n) is 5.83. The van der Waals surface area contributed by atoms with E-state index in [0.29, 0.717) is 24.2 Å². The predicted octanol–water partition coefficient (Wildman–Crippen LogP) is 3.57. The van der Waals surface area contributed by atoms with E-state index in [1.807, 2.05) is 19.1 Å². The Balaban J connectivity index is 1.42. The lowest BCUT2D eigenvalue weighted by molar-refractivity contribution is 0.0466. The molecule has 2 fully saturated rings. The molecular formula is C22H21FN4O3. The van der Waals surface area contributed by atoms with Crippen molar-refractivity contribution in [2.45, 2.75) is 38.8 Å². The van der Waals surface area contributed by atoms with Crippen LogP contribution in [0.1, 0.15) is 34.6 Å². The number of halogens is 1. The number of aromatic nitrogens is 3. The number of ether oxygens (including phenoxy) is 1. The van der Waals surface area contributed by atoms with Gasteiger partial charge in [-0.3, -0.25) is 4.79 Å². The molecule has 3 heterocycles. The van der Waals surface area contributed by atoms with Crippen LogP contribution in [0.25, 0.3) is 11.5 Å². The fourth-order valence-electron chi connectivity index (χ4n) is 4.48. The summed E-state index contributed by atoms with van der Waals surface area (Å²) in [6, 6.07) is 8.12. The van der Waals surface area contributed by atoms with E-state index in [4.69, 9.17) is 9.26 Å². The van der Waals surface area contributed by atoms with Gasteiger partial charge in [0.2, 0.25) is 5.88 Å². The summed E-state index contributed by atoms with van der Waals surface area (Å²) in [6.07, 6.45) is 3.37. The zero-order chi connectivity index (χ0) is 20.8. The van der Waals surface area contributed by atoms with Crippen LogP contribution in [0.2, 0.25) is 0 Å². The zero-order valence-corrected chi connectivity index (χ0v) is 16.7. The second kappa shape index (κ2) is 7.19. The molecule has 154 valence electrons. The first-order valence-electron chi connectivity index (χ1n) is 9.99. The number of likely N-dealkylation sites (tertiary alicyclic amines) is 1. The molecule has 3 atom stereocenters. The number of carbonyl (C=O) groups is 1. The van der Waals surface area contributed by atoms with Crippen molar-refractivity contribution >= 4 is 5.91 Å². The Morgan fingerprint density at radius 1 is 1.23 bits per heavy atom. The molecule has 1 saturated carbocycles. The molecule has 2 aliphatic rings. The minimum atomic E-state index is -0.564. The average Bonchev–Trinajstić information content (AvgIpc) is 3.44. The van der Waals surface area contributed by atoms with E-state index in [1.165, 1.54) is 12.1 Å². The SMILES string of the molecule is Cc1ccc(OC2CC3CC2N(C(=O)c2cccc(F)c2-c2nc(C)no2)C3)nc1. The fraction of sp³-hybridized carbons (Fsp3) is 0.364. The monoisotopic (exact) mass is 408 g/mol. The van der Waals surface area contributed by atoms with E-state index >= 15 is 0 Å². The predicted molar refractivity (Wildman–Crippen MR) is 105 cm³/mol. The maximum atomic E-state index is 14.6. The van der Waals surface area contributed by atoms with E-state index in [1.54, 1.807) is 24.1 Å². The van der Waals surface area contributed by atoms with Crippen molar-refractivity contribution in [3.8, 4) is 17.3 Å². The Morgan fingerprint density at radius 2 is 2.10 bits per heavy atom. The highest BCUT2D eigenvalue weighted by atomic mass is 19.1. The minimum Gasteiger partial charge on any atom is -0.472 e. The van der Waals surface area contributed by atoms with Crippen molar-refractivity contribution in [1.29, 1.82) is 0 Å². The summed E-state index contributed by atoms with van der Waals surface area (Å²) in [7, 11) is 0. The van der Waals surface area contributed by atoms with Gasteiger partial charge in [0.1, 0.15) is 11.9 Å². The summed E-state index contributed by atoms with van der Waals surface area (Å²) < 4.78 is 25.9. The van der Waals surface area contributed by atoms with Crippen LogP contribution in [0.4, 0.5) is 4.39 Å². The maximum absolute atomic E-state index is 14.6. The number of nitrogens with zero attached hydrogens (tertiary/aromatic N) is 4. The Bertz CT molecular complexity index is 1100. The summed E-state index contributed by atoms with van der Waals surface area (Å²) in [4.78, 5) is 23.7. The van der Waals surface area contributed by atoms with Crippen LogP contribution in [-0.4, -0.2) is 44.6 Å². The number of hydrogen-bond donors (Lipinski definition) is 0. The smallest absolute Gasteiger partial charge is 0.261 e. The summed E-state index contributed by atoms with van der Waals surface area (Å²) in [6.45, 7) is 4.25. The number of aryl methyl sites for hydroxylation is 2. The number of fused-ring (bicyclic) bond motifs is 2. The molecule has 0 N–H and O–H groups in total. The van der Waals surface area contributed by atoms with Gasteiger partial charge in [0.15, 0.2) is 5.82 Å². The minimum absolute atomic E-state index is 0.00922. The largest absolute Gasteiger partial charge is 0.472 e.